The Morgan fingerprint density at radius 1 is 0.857 bits per heavy atom. The van der Waals surface area contributed by atoms with Crippen molar-refractivity contribution in [3.8, 4) is 0 Å². The maximum absolute atomic E-state index is 13.3. The summed E-state index contributed by atoms with van der Waals surface area (Å²) in [6.45, 7) is 0. The summed E-state index contributed by atoms with van der Waals surface area (Å²) >= 11 is 0. The van der Waals surface area contributed by atoms with Crippen molar-refractivity contribution in [2.45, 2.75) is 9.79 Å². The number of anilines is 1. The van der Waals surface area contributed by atoms with Crippen LogP contribution in [0.15, 0.2) is 70.5 Å². The molecule has 0 aliphatic carbocycles. The minimum atomic E-state index is -3.85. The molecule has 21 heavy (non-hydrogen) atoms. The topological polar surface area (TPSA) is 60.2 Å². The van der Waals surface area contributed by atoms with Crippen LogP contribution in [0.2, 0.25) is 0 Å². The number of nitrogens with two attached hydrogens (primary N) is 1. The van der Waals surface area contributed by atoms with Crippen LogP contribution in [-0.4, -0.2) is 8.42 Å². The Morgan fingerprint density at radius 2 is 1.57 bits per heavy atom. The first kappa shape index (κ1) is 13.6. The Hall–Kier alpha value is -2.40. The summed E-state index contributed by atoms with van der Waals surface area (Å²) in [4.78, 5) is -0.115. The molecule has 0 amide bonds. The van der Waals surface area contributed by atoms with Crippen LogP contribution in [0.3, 0.4) is 0 Å². The first-order valence-corrected chi connectivity index (χ1v) is 7.76. The quantitative estimate of drug-likeness (QED) is 0.738. The summed E-state index contributed by atoms with van der Waals surface area (Å²) in [5.74, 6) is -0.636. The van der Waals surface area contributed by atoms with E-state index in [1.807, 2.05) is 24.3 Å². The van der Waals surface area contributed by atoms with Gasteiger partial charge in [0, 0.05) is 0 Å². The van der Waals surface area contributed by atoms with Gasteiger partial charge in [0.2, 0.25) is 9.84 Å². The number of fused-ring (bicyclic) bond motifs is 1. The lowest BCUT2D eigenvalue weighted by Crippen LogP contribution is -2.06. The van der Waals surface area contributed by atoms with Gasteiger partial charge < -0.3 is 5.73 Å². The van der Waals surface area contributed by atoms with Gasteiger partial charge in [-0.2, -0.15) is 0 Å². The highest BCUT2D eigenvalue weighted by Crippen LogP contribution is 2.28. The van der Waals surface area contributed by atoms with Crippen LogP contribution in [0.25, 0.3) is 10.8 Å². The molecular formula is C16H12FNO2S. The van der Waals surface area contributed by atoms with Crippen LogP contribution in [-0.2, 0) is 9.84 Å². The normalized spacial score (nSPS) is 11.7. The highest BCUT2D eigenvalue weighted by Gasteiger charge is 2.21. The van der Waals surface area contributed by atoms with Gasteiger partial charge in [-0.3, -0.25) is 0 Å². The van der Waals surface area contributed by atoms with Crippen LogP contribution < -0.4 is 5.73 Å². The molecule has 3 nitrogen and oxygen atoms in total. The smallest absolute Gasteiger partial charge is 0.208 e. The Balaban J connectivity index is 2.22. The molecule has 0 spiro atoms. The number of hydrogen-bond donors (Lipinski definition) is 1. The average Bonchev–Trinajstić information content (AvgIpc) is 2.49. The molecule has 0 aliphatic rings. The Morgan fingerprint density at radius 3 is 2.33 bits per heavy atom. The second-order valence-electron chi connectivity index (χ2n) is 4.69. The molecule has 0 aliphatic heterocycles. The van der Waals surface area contributed by atoms with E-state index in [1.54, 1.807) is 12.1 Å². The van der Waals surface area contributed by atoms with Crippen molar-refractivity contribution in [1.29, 1.82) is 0 Å². The number of hydrogen-bond acceptors (Lipinski definition) is 3. The average molecular weight is 301 g/mol. The van der Waals surface area contributed by atoms with E-state index in [0.717, 1.165) is 22.9 Å². The second-order valence-corrected chi connectivity index (χ2v) is 6.61. The molecular weight excluding hydrogens is 289 g/mol. The molecule has 106 valence electrons. The zero-order chi connectivity index (χ0) is 15.0. The molecule has 3 aromatic carbocycles. The van der Waals surface area contributed by atoms with E-state index in [-0.39, 0.29) is 15.5 Å². The van der Waals surface area contributed by atoms with Crippen LogP contribution in [0.5, 0.6) is 0 Å². The van der Waals surface area contributed by atoms with Crippen molar-refractivity contribution in [2.75, 3.05) is 5.73 Å². The van der Waals surface area contributed by atoms with Crippen molar-refractivity contribution in [3.63, 3.8) is 0 Å². The Labute approximate surface area is 121 Å². The van der Waals surface area contributed by atoms with Gasteiger partial charge in [0.1, 0.15) is 5.82 Å². The molecule has 0 saturated heterocycles. The first-order chi connectivity index (χ1) is 9.98. The molecule has 2 N–H and O–H groups in total. The zero-order valence-electron chi connectivity index (χ0n) is 11.0. The Kier molecular flexibility index (Phi) is 3.14. The largest absolute Gasteiger partial charge is 0.398 e. The maximum Gasteiger partial charge on any atom is 0.208 e. The molecule has 0 unspecified atom stereocenters. The highest BCUT2D eigenvalue weighted by atomic mass is 32.2. The number of nitrogen functional groups attached to an aromatic ring is 1. The van der Waals surface area contributed by atoms with E-state index < -0.39 is 15.7 Å². The molecule has 0 bridgehead atoms. The van der Waals surface area contributed by atoms with Gasteiger partial charge in [0.25, 0.3) is 0 Å². The van der Waals surface area contributed by atoms with Gasteiger partial charge in [0.15, 0.2) is 0 Å². The highest BCUT2D eigenvalue weighted by molar-refractivity contribution is 7.91. The third-order valence-electron chi connectivity index (χ3n) is 3.30. The summed E-state index contributed by atoms with van der Waals surface area (Å²) in [7, 11) is -3.85. The van der Waals surface area contributed by atoms with Gasteiger partial charge in [-0.1, -0.05) is 30.3 Å². The van der Waals surface area contributed by atoms with Crippen molar-refractivity contribution in [1.82, 2.24) is 0 Å². The summed E-state index contributed by atoms with van der Waals surface area (Å²) in [5.41, 5.74) is 5.71. The summed E-state index contributed by atoms with van der Waals surface area (Å²) in [6, 6.07) is 15.5. The minimum absolute atomic E-state index is 0.0320. The Bertz CT molecular complexity index is 936. The molecule has 5 heteroatoms. The molecule has 0 atom stereocenters. The molecule has 0 aromatic heterocycles. The predicted molar refractivity (Wildman–Crippen MR) is 80.2 cm³/mol. The standard InChI is InChI=1S/C16H12FNO2S/c17-13-6-8-15(18)16(10-13)21(19,20)14-7-5-11-3-1-2-4-12(11)9-14/h1-10H,18H2. The van der Waals surface area contributed by atoms with Gasteiger partial charge >= 0.3 is 0 Å². The minimum Gasteiger partial charge on any atom is -0.398 e. The van der Waals surface area contributed by atoms with E-state index >= 15 is 0 Å². The third kappa shape index (κ3) is 2.36. The van der Waals surface area contributed by atoms with Gasteiger partial charge in [-0.15, -0.1) is 0 Å². The fourth-order valence-corrected chi connectivity index (χ4v) is 3.63. The first-order valence-electron chi connectivity index (χ1n) is 6.27. The second kappa shape index (κ2) is 4.86. The number of benzene rings is 3. The van der Waals surface area contributed by atoms with Crippen LogP contribution in [0, 0.1) is 5.82 Å². The molecule has 0 heterocycles. The molecule has 3 aromatic rings. The van der Waals surface area contributed by atoms with Crippen molar-refractivity contribution in [3.05, 3.63) is 66.5 Å². The van der Waals surface area contributed by atoms with E-state index in [4.69, 9.17) is 5.73 Å². The molecule has 0 saturated carbocycles. The molecule has 0 fully saturated rings. The lowest BCUT2D eigenvalue weighted by atomic mass is 10.1. The fourth-order valence-electron chi connectivity index (χ4n) is 2.20. The van der Waals surface area contributed by atoms with Gasteiger partial charge in [-0.25, -0.2) is 12.8 Å². The third-order valence-corrected chi connectivity index (χ3v) is 5.10. The SMILES string of the molecule is Nc1ccc(F)cc1S(=O)(=O)c1ccc2ccccc2c1. The van der Waals surface area contributed by atoms with Crippen molar-refractivity contribution in [2.24, 2.45) is 0 Å². The van der Waals surface area contributed by atoms with E-state index in [0.29, 0.717) is 0 Å². The number of rotatable bonds is 2. The van der Waals surface area contributed by atoms with Crippen LogP contribution >= 0.6 is 0 Å². The van der Waals surface area contributed by atoms with E-state index in [9.17, 15) is 12.8 Å². The molecule has 0 radical (unpaired) electrons. The molecule has 3 rings (SSSR count). The van der Waals surface area contributed by atoms with E-state index in [2.05, 4.69) is 0 Å². The van der Waals surface area contributed by atoms with Gasteiger partial charge in [0.05, 0.1) is 15.5 Å². The fraction of sp³-hybridized carbons (Fsp3) is 0. The number of halogens is 1. The van der Waals surface area contributed by atoms with Crippen LogP contribution in [0.1, 0.15) is 0 Å². The summed E-state index contributed by atoms with van der Waals surface area (Å²) in [5, 5.41) is 1.73. The lowest BCUT2D eigenvalue weighted by Gasteiger charge is -2.08. The predicted octanol–water partition coefficient (Wildman–Crippen LogP) is 3.39. The summed E-state index contributed by atoms with van der Waals surface area (Å²) in [6.07, 6.45) is 0. The van der Waals surface area contributed by atoms with E-state index in [1.165, 1.54) is 12.1 Å². The number of sulfone groups is 1. The van der Waals surface area contributed by atoms with Crippen molar-refractivity contribution < 1.29 is 12.8 Å². The van der Waals surface area contributed by atoms with Gasteiger partial charge in [-0.05, 0) is 41.1 Å². The van der Waals surface area contributed by atoms with Crippen molar-refractivity contribution >= 4 is 26.3 Å². The zero-order valence-corrected chi connectivity index (χ0v) is 11.8. The maximum atomic E-state index is 13.3. The monoisotopic (exact) mass is 301 g/mol. The lowest BCUT2D eigenvalue weighted by molar-refractivity contribution is 0.591. The summed E-state index contributed by atoms with van der Waals surface area (Å²) < 4.78 is 38.5. The van der Waals surface area contributed by atoms with Crippen LogP contribution in [0.4, 0.5) is 10.1 Å².